The summed E-state index contributed by atoms with van der Waals surface area (Å²) in [6.45, 7) is 2.44. The van der Waals surface area contributed by atoms with Crippen molar-refractivity contribution in [2.24, 2.45) is 5.41 Å². The smallest absolute Gasteiger partial charge is 0.254 e. The van der Waals surface area contributed by atoms with Crippen LogP contribution in [0.3, 0.4) is 0 Å². The number of carbonyl (C=O) groups is 1. The maximum Gasteiger partial charge on any atom is 0.254 e. The van der Waals surface area contributed by atoms with Gasteiger partial charge in [0, 0.05) is 25.5 Å². The van der Waals surface area contributed by atoms with Crippen LogP contribution in [0.5, 0.6) is 0 Å². The van der Waals surface area contributed by atoms with Crippen LogP contribution in [0, 0.1) is 16.7 Å². The SMILES string of the molecule is CCC[C@]1(C(F)F)CN2CC[C@@H](c3cncc(C#N)c3)N2C1=O. The minimum Gasteiger partial charge on any atom is -0.272 e. The number of hydrogen-bond acceptors (Lipinski definition) is 4. The van der Waals surface area contributed by atoms with Gasteiger partial charge in [0.25, 0.3) is 12.3 Å². The summed E-state index contributed by atoms with van der Waals surface area (Å²) in [5.41, 5.74) is -0.476. The lowest BCUT2D eigenvalue weighted by Gasteiger charge is -2.28. The summed E-state index contributed by atoms with van der Waals surface area (Å²) in [4.78, 5) is 16.8. The maximum atomic E-state index is 13.7. The molecule has 2 aliphatic heterocycles. The van der Waals surface area contributed by atoms with Gasteiger partial charge in [-0.25, -0.2) is 13.8 Å². The largest absolute Gasteiger partial charge is 0.272 e. The van der Waals surface area contributed by atoms with Gasteiger partial charge in [-0.3, -0.25) is 14.8 Å². The summed E-state index contributed by atoms with van der Waals surface area (Å²) >= 11 is 0. The molecule has 0 aliphatic carbocycles. The Labute approximate surface area is 133 Å². The quantitative estimate of drug-likeness (QED) is 0.855. The normalized spacial score (nSPS) is 27.5. The van der Waals surface area contributed by atoms with Crippen LogP contribution in [-0.4, -0.2) is 40.4 Å². The molecule has 0 bridgehead atoms. The van der Waals surface area contributed by atoms with Gasteiger partial charge >= 0.3 is 0 Å². The zero-order valence-corrected chi connectivity index (χ0v) is 12.9. The summed E-state index contributed by atoms with van der Waals surface area (Å²) in [5.74, 6) is -0.501. The lowest BCUT2D eigenvalue weighted by Crippen LogP contribution is -2.41. The van der Waals surface area contributed by atoms with E-state index < -0.39 is 17.7 Å². The fourth-order valence-corrected chi connectivity index (χ4v) is 3.66. The molecule has 0 N–H and O–H groups in total. The number of nitrogens with zero attached hydrogens (tertiary/aromatic N) is 4. The monoisotopic (exact) mass is 320 g/mol. The molecule has 7 heteroatoms. The summed E-state index contributed by atoms with van der Waals surface area (Å²) in [7, 11) is 0. The van der Waals surface area contributed by atoms with E-state index in [1.807, 2.05) is 13.0 Å². The predicted molar refractivity (Wildman–Crippen MR) is 78.1 cm³/mol. The molecule has 0 spiro atoms. The van der Waals surface area contributed by atoms with E-state index in [1.165, 1.54) is 11.2 Å². The lowest BCUT2D eigenvalue weighted by atomic mass is 9.83. The number of nitriles is 1. The number of amides is 1. The Kier molecular flexibility index (Phi) is 4.02. The number of rotatable bonds is 4. The van der Waals surface area contributed by atoms with E-state index in [4.69, 9.17) is 5.26 Å². The Morgan fingerprint density at radius 2 is 2.30 bits per heavy atom. The van der Waals surface area contributed by atoms with Gasteiger partial charge in [0.15, 0.2) is 0 Å². The minimum atomic E-state index is -2.68. The Balaban J connectivity index is 1.94. The van der Waals surface area contributed by atoms with E-state index in [-0.39, 0.29) is 19.0 Å². The van der Waals surface area contributed by atoms with Crippen molar-refractivity contribution in [1.29, 1.82) is 5.26 Å². The van der Waals surface area contributed by atoms with Crippen LogP contribution in [0.25, 0.3) is 0 Å². The highest BCUT2D eigenvalue weighted by molar-refractivity contribution is 5.85. The van der Waals surface area contributed by atoms with Gasteiger partial charge in [-0.2, -0.15) is 5.26 Å². The number of halogens is 2. The van der Waals surface area contributed by atoms with Gasteiger partial charge in [-0.1, -0.05) is 13.3 Å². The van der Waals surface area contributed by atoms with Crippen molar-refractivity contribution in [1.82, 2.24) is 15.0 Å². The molecule has 1 aromatic heterocycles. The average molecular weight is 320 g/mol. The Morgan fingerprint density at radius 1 is 1.52 bits per heavy atom. The molecular formula is C16H18F2N4O. The van der Waals surface area contributed by atoms with E-state index >= 15 is 0 Å². The Hall–Kier alpha value is -2.07. The van der Waals surface area contributed by atoms with Crippen molar-refractivity contribution in [3.05, 3.63) is 29.6 Å². The summed E-state index contributed by atoms with van der Waals surface area (Å²) < 4.78 is 27.3. The molecule has 122 valence electrons. The molecule has 3 rings (SSSR count). The van der Waals surface area contributed by atoms with Crippen LogP contribution in [0.4, 0.5) is 8.78 Å². The van der Waals surface area contributed by atoms with Crippen LogP contribution in [-0.2, 0) is 4.79 Å². The van der Waals surface area contributed by atoms with E-state index in [1.54, 1.807) is 17.3 Å². The van der Waals surface area contributed by atoms with Crippen LogP contribution in [0.2, 0.25) is 0 Å². The fraction of sp³-hybridized carbons (Fsp3) is 0.562. The molecular weight excluding hydrogens is 302 g/mol. The molecule has 0 unspecified atom stereocenters. The third-order valence-electron chi connectivity index (χ3n) is 4.75. The molecule has 0 radical (unpaired) electrons. The van der Waals surface area contributed by atoms with Gasteiger partial charge in [-0.05, 0) is 24.5 Å². The number of hydrazine groups is 1. The first-order valence-corrected chi connectivity index (χ1v) is 7.75. The molecule has 2 fully saturated rings. The second-order valence-corrected chi connectivity index (χ2v) is 6.17. The standard InChI is InChI=1S/C16H18F2N4O/c1-2-4-16(14(17)18)10-21-5-3-13(22(21)15(16)23)12-6-11(7-19)8-20-9-12/h6,8-9,13-14H,2-5,10H2,1H3/t13-,16+/m0/s1. The molecule has 2 aliphatic rings. The third kappa shape index (κ3) is 2.38. The molecule has 23 heavy (non-hydrogen) atoms. The van der Waals surface area contributed by atoms with E-state index in [2.05, 4.69) is 4.98 Å². The highest BCUT2D eigenvalue weighted by Crippen LogP contribution is 2.47. The Bertz CT molecular complexity index is 660. The first kappa shape index (κ1) is 15.8. The maximum absolute atomic E-state index is 13.7. The van der Waals surface area contributed by atoms with E-state index in [0.29, 0.717) is 24.9 Å². The summed E-state index contributed by atoms with van der Waals surface area (Å²) in [6, 6.07) is 3.38. The zero-order valence-electron chi connectivity index (χ0n) is 12.9. The summed E-state index contributed by atoms with van der Waals surface area (Å²) in [6.07, 6.45) is 1.75. The van der Waals surface area contributed by atoms with Crippen molar-refractivity contribution < 1.29 is 13.6 Å². The zero-order chi connectivity index (χ0) is 16.6. The fourth-order valence-electron chi connectivity index (χ4n) is 3.66. The van der Waals surface area contributed by atoms with Gasteiger partial charge in [0.05, 0.1) is 11.6 Å². The van der Waals surface area contributed by atoms with Gasteiger partial charge in [0.1, 0.15) is 11.5 Å². The van der Waals surface area contributed by atoms with Crippen LogP contribution >= 0.6 is 0 Å². The van der Waals surface area contributed by atoms with Gasteiger partial charge < -0.3 is 0 Å². The van der Waals surface area contributed by atoms with Gasteiger partial charge in [-0.15, -0.1) is 0 Å². The van der Waals surface area contributed by atoms with E-state index in [9.17, 15) is 13.6 Å². The van der Waals surface area contributed by atoms with Crippen molar-refractivity contribution >= 4 is 5.91 Å². The number of pyridine rings is 1. The topological polar surface area (TPSA) is 60.2 Å². The molecule has 5 nitrogen and oxygen atoms in total. The number of fused-ring (bicyclic) bond motifs is 1. The summed E-state index contributed by atoms with van der Waals surface area (Å²) in [5, 5.41) is 12.2. The Morgan fingerprint density at radius 3 is 2.96 bits per heavy atom. The van der Waals surface area contributed by atoms with Crippen molar-refractivity contribution in [3.8, 4) is 6.07 Å². The molecule has 3 heterocycles. The minimum absolute atomic E-state index is 0.0687. The molecule has 0 aromatic carbocycles. The molecule has 1 aromatic rings. The number of hydrogen-bond donors (Lipinski definition) is 0. The van der Waals surface area contributed by atoms with Crippen LogP contribution < -0.4 is 0 Å². The van der Waals surface area contributed by atoms with Gasteiger partial charge in [0.2, 0.25) is 0 Å². The highest BCUT2D eigenvalue weighted by Gasteiger charge is 2.59. The van der Waals surface area contributed by atoms with Crippen molar-refractivity contribution in [3.63, 3.8) is 0 Å². The van der Waals surface area contributed by atoms with Crippen LogP contribution in [0.15, 0.2) is 18.5 Å². The number of alkyl halides is 2. The number of aromatic nitrogens is 1. The predicted octanol–water partition coefficient (Wildman–Crippen LogP) is 2.51. The molecule has 1 amide bonds. The second kappa shape index (κ2) is 5.85. The average Bonchev–Trinajstić information content (AvgIpc) is 3.07. The van der Waals surface area contributed by atoms with Crippen molar-refractivity contribution in [2.45, 2.75) is 38.7 Å². The molecule has 0 saturated carbocycles. The number of carbonyl (C=O) groups excluding carboxylic acids is 1. The van der Waals surface area contributed by atoms with Crippen molar-refractivity contribution in [2.75, 3.05) is 13.1 Å². The molecule has 2 atom stereocenters. The van der Waals surface area contributed by atoms with Crippen LogP contribution in [0.1, 0.15) is 43.4 Å². The lowest BCUT2D eigenvalue weighted by molar-refractivity contribution is -0.149. The van der Waals surface area contributed by atoms with E-state index in [0.717, 1.165) is 5.56 Å². The molecule has 2 saturated heterocycles. The third-order valence-corrected chi connectivity index (χ3v) is 4.75. The highest BCUT2D eigenvalue weighted by atomic mass is 19.3. The first-order valence-electron chi connectivity index (χ1n) is 7.75. The first-order chi connectivity index (χ1) is 11.0. The second-order valence-electron chi connectivity index (χ2n) is 6.17.